The van der Waals surface area contributed by atoms with E-state index in [1.807, 2.05) is 0 Å². The zero-order valence-electron chi connectivity index (χ0n) is 8.94. The van der Waals surface area contributed by atoms with Crippen molar-refractivity contribution in [2.24, 2.45) is 0 Å². The average molecular weight is 379 g/mol. The number of hydrogen-bond acceptors (Lipinski definition) is 3. The highest BCUT2D eigenvalue weighted by molar-refractivity contribution is 6.76. The number of carbonyl (C=O) groups excluding carboxylic acids is 1. The zero-order chi connectivity index (χ0) is 14.0. The number of hydrogen-bond donors (Lipinski definition) is 1. The van der Waals surface area contributed by atoms with Crippen molar-refractivity contribution in [3.05, 3.63) is 0 Å². The molecule has 1 N–H and O–H groups in total. The second kappa shape index (κ2) is 6.72. The van der Waals surface area contributed by atoms with E-state index < -0.39 is 19.7 Å². The Morgan fingerprint density at radius 3 is 2.00 bits per heavy atom. The Kier molecular flexibility index (Phi) is 6.42. The third kappa shape index (κ3) is 5.25. The van der Waals surface area contributed by atoms with Crippen LogP contribution >= 0.6 is 69.6 Å². The molecule has 0 bridgehead atoms. The fraction of sp³-hybridized carbons (Fsp3) is 0.875. The van der Waals surface area contributed by atoms with E-state index in [2.05, 4.69) is 5.32 Å². The van der Waals surface area contributed by atoms with E-state index >= 15 is 0 Å². The summed E-state index contributed by atoms with van der Waals surface area (Å²) in [7, 11) is 0. The zero-order valence-corrected chi connectivity index (χ0v) is 13.5. The Bertz CT molecular complexity index is 297. The van der Waals surface area contributed by atoms with Gasteiger partial charge in [-0.2, -0.15) is 0 Å². The van der Waals surface area contributed by atoms with Crippen molar-refractivity contribution in [3.8, 4) is 0 Å². The predicted molar refractivity (Wildman–Crippen MR) is 74.9 cm³/mol. The fourth-order valence-electron chi connectivity index (χ4n) is 1.42. The molecule has 1 atom stereocenters. The quantitative estimate of drug-likeness (QED) is 0.751. The van der Waals surface area contributed by atoms with Crippen LogP contribution in [0, 0.1) is 0 Å². The lowest BCUT2D eigenvalue weighted by atomic mass is 10.3. The molecule has 0 aromatic rings. The normalized spacial score (nSPS) is 20.6. The van der Waals surface area contributed by atoms with Crippen molar-refractivity contribution in [1.82, 2.24) is 10.2 Å². The minimum Gasteiger partial charge on any atom is -0.379 e. The number of halogens is 6. The SMILES string of the molecule is O=C(NC(N1CCOCC1)C(Cl)(Cl)Cl)C(Cl)(Cl)Cl. The molecule has 18 heavy (non-hydrogen) atoms. The molecular weight excluding hydrogens is 369 g/mol. The molecule has 1 fully saturated rings. The third-order valence-corrected chi connectivity index (χ3v) is 3.38. The van der Waals surface area contributed by atoms with Gasteiger partial charge in [0.15, 0.2) is 0 Å². The smallest absolute Gasteiger partial charge is 0.273 e. The van der Waals surface area contributed by atoms with Gasteiger partial charge in [0.2, 0.25) is 3.79 Å². The first-order chi connectivity index (χ1) is 8.12. The van der Waals surface area contributed by atoms with Gasteiger partial charge in [-0.25, -0.2) is 0 Å². The summed E-state index contributed by atoms with van der Waals surface area (Å²) in [5, 5.41) is 2.41. The number of rotatable bonds is 2. The van der Waals surface area contributed by atoms with Gasteiger partial charge in [0, 0.05) is 13.1 Å². The van der Waals surface area contributed by atoms with Crippen LogP contribution in [0.15, 0.2) is 0 Å². The summed E-state index contributed by atoms with van der Waals surface area (Å²) in [5.41, 5.74) is 0. The van der Waals surface area contributed by atoms with Gasteiger partial charge in [-0.05, 0) is 0 Å². The first-order valence-electron chi connectivity index (χ1n) is 4.88. The molecule has 0 saturated carbocycles. The van der Waals surface area contributed by atoms with Crippen LogP contribution in [0.5, 0.6) is 0 Å². The molecule has 1 aliphatic heterocycles. The highest BCUT2D eigenvalue weighted by Crippen LogP contribution is 2.34. The van der Waals surface area contributed by atoms with Gasteiger partial charge >= 0.3 is 0 Å². The maximum absolute atomic E-state index is 11.6. The lowest BCUT2D eigenvalue weighted by Gasteiger charge is -2.38. The van der Waals surface area contributed by atoms with Crippen LogP contribution in [-0.4, -0.2) is 50.9 Å². The highest BCUT2D eigenvalue weighted by atomic mass is 35.6. The highest BCUT2D eigenvalue weighted by Gasteiger charge is 2.42. The van der Waals surface area contributed by atoms with Gasteiger partial charge in [-0.15, -0.1) is 0 Å². The predicted octanol–water partition coefficient (Wildman–Crippen LogP) is 2.50. The minimum atomic E-state index is -2.11. The summed E-state index contributed by atoms with van der Waals surface area (Å²) >= 11 is 33.9. The molecule has 1 unspecified atom stereocenters. The van der Waals surface area contributed by atoms with Crippen molar-refractivity contribution in [2.75, 3.05) is 26.3 Å². The van der Waals surface area contributed by atoms with Gasteiger partial charge < -0.3 is 10.1 Å². The van der Waals surface area contributed by atoms with Crippen LogP contribution < -0.4 is 5.32 Å². The summed E-state index contributed by atoms with van der Waals surface area (Å²) in [6.07, 6.45) is -0.894. The monoisotopic (exact) mass is 376 g/mol. The summed E-state index contributed by atoms with van der Waals surface area (Å²) in [5.74, 6) is -0.852. The molecule has 1 amide bonds. The first kappa shape index (κ1) is 17.2. The van der Waals surface area contributed by atoms with Crippen LogP contribution in [0.1, 0.15) is 0 Å². The number of morpholine rings is 1. The van der Waals surface area contributed by atoms with Crippen LogP contribution in [0.25, 0.3) is 0 Å². The number of ether oxygens (including phenoxy) is 1. The van der Waals surface area contributed by atoms with Crippen LogP contribution in [0.4, 0.5) is 0 Å². The molecular formula is C8H10Cl6N2O2. The maximum Gasteiger partial charge on any atom is 0.273 e. The fourth-order valence-corrected chi connectivity index (χ4v) is 2.16. The number of nitrogens with zero attached hydrogens (tertiary/aromatic N) is 1. The molecule has 0 radical (unpaired) electrons. The van der Waals surface area contributed by atoms with Gasteiger partial charge in [0.05, 0.1) is 13.2 Å². The lowest BCUT2D eigenvalue weighted by molar-refractivity contribution is -0.122. The van der Waals surface area contributed by atoms with E-state index in [4.69, 9.17) is 74.3 Å². The second-order valence-corrected chi connectivity index (χ2v) is 8.21. The Hall–Kier alpha value is 1.13. The maximum atomic E-state index is 11.6. The third-order valence-electron chi connectivity index (χ3n) is 2.25. The van der Waals surface area contributed by atoms with Gasteiger partial charge in [-0.1, -0.05) is 69.6 Å². The molecule has 0 aliphatic carbocycles. The molecule has 10 heteroatoms. The molecule has 4 nitrogen and oxygen atoms in total. The standard InChI is InChI=1S/C8H10Cl6N2O2/c9-7(10,11)5(15-6(17)8(12,13)14)16-1-3-18-4-2-16/h5H,1-4H2,(H,15,17). The Labute approximate surface area is 135 Å². The summed E-state index contributed by atoms with van der Waals surface area (Å²) in [6.45, 7) is 1.94. The number of nitrogens with one attached hydrogen (secondary N) is 1. The van der Waals surface area contributed by atoms with Crippen molar-refractivity contribution in [3.63, 3.8) is 0 Å². The van der Waals surface area contributed by atoms with Gasteiger partial charge in [-0.3, -0.25) is 9.69 Å². The Morgan fingerprint density at radius 1 is 1.11 bits per heavy atom. The van der Waals surface area contributed by atoms with Crippen molar-refractivity contribution in [1.29, 1.82) is 0 Å². The summed E-state index contributed by atoms with van der Waals surface area (Å²) < 4.78 is 1.32. The van der Waals surface area contributed by atoms with Crippen LogP contribution in [0.2, 0.25) is 0 Å². The molecule has 1 heterocycles. The molecule has 0 spiro atoms. The second-order valence-electron chi connectivity index (χ2n) is 3.56. The average Bonchev–Trinajstić information content (AvgIpc) is 2.23. The minimum absolute atomic E-state index is 0.473. The largest absolute Gasteiger partial charge is 0.379 e. The van der Waals surface area contributed by atoms with E-state index in [9.17, 15) is 4.79 Å². The topological polar surface area (TPSA) is 41.6 Å². The van der Waals surface area contributed by atoms with E-state index in [1.165, 1.54) is 0 Å². The summed E-state index contributed by atoms with van der Waals surface area (Å²) in [4.78, 5) is 13.4. The number of amides is 1. The van der Waals surface area contributed by atoms with Crippen molar-refractivity contribution in [2.45, 2.75) is 13.8 Å². The lowest BCUT2D eigenvalue weighted by Crippen LogP contribution is -2.59. The van der Waals surface area contributed by atoms with Crippen LogP contribution in [0.3, 0.4) is 0 Å². The van der Waals surface area contributed by atoms with Gasteiger partial charge in [0.25, 0.3) is 9.70 Å². The molecule has 1 rings (SSSR count). The number of carbonyl (C=O) groups is 1. The molecule has 106 valence electrons. The van der Waals surface area contributed by atoms with E-state index in [1.54, 1.807) is 4.90 Å². The summed E-state index contributed by atoms with van der Waals surface area (Å²) in [6, 6.07) is 0. The first-order valence-corrected chi connectivity index (χ1v) is 7.15. The Balaban J connectivity index is 2.76. The van der Waals surface area contributed by atoms with Crippen molar-refractivity contribution >= 4 is 75.5 Å². The van der Waals surface area contributed by atoms with E-state index in [0.717, 1.165) is 0 Å². The van der Waals surface area contributed by atoms with Crippen molar-refractivity contribution < 1.29 is 9.53 Å². The number of alkyl halides is 6. The molecule has 1 aliphatic rings. The molecule has 0 aromatic heterocycles. The Morgan fingerprint density at radius 2 is 1.61 bits per heavy atom. The molecule has 0 aromatic carbocycles. The van der Waals surface area contributed by atoms with Crippen LogP contribution in [-0.2, 0) is 9.53 Å². The van der Waals surface area contributed by atoms with E-state index in [-0.39, 0.29) is 0 Å². The van der Waals surface area contributed by atoms with Gasteiger partial charge in [0.1, 0.15) is 6.17 Å². The molecule has 1 saturated heterocycles. The van der Waals surface area contributed by atoms with E-state index in [0.29, 0.717) is 26.3 Å².